The predicted molar refractivity (Wildman–Crippen MR) is 121 cm³/mol. The molecule has 158 valence electrons. The molecule has 8 heteroatoms. The summed E-state index contributed by atoms with van der Waals surface area (Å²) in [5.41, 5.74) is 5.75. The lowest BCUT2D eigenvalue weighted by Crippen LogP contribution is -2.14. The highest BCUT2D eigenvalue weighted by Gasteiger charge is 2.13. The van der Waals surface area contributed by atoms with Gasteiger partial charge in [-0.05, 0) is 62.6 Å². The molecular formula is C23H25N7O. The highest BCUT2D eigenvalue weighted by Crippen LogP contribution is 2.25. The van der Waals surface area contributed by atoms with Gasteiger partial charge in [0.1, 0.15) is 11.3 Å². The first-order valence-corrected chi connectivity index (χ1v) is 10.2. The Morgan fingerprint density at radius 2 is 2.00 bits per heavy atom. The first-order chi connectivity index (χ1) is 14.9. The predicted octanol–water partition coefficient (Wildman–Crippen LogP) is 4.28. The van der Waals surface area contributed by atoms with Gasteiger partial charge >= 0.3 is 0 Å². The molecule has 1 atom stereocenters. The average Bonchev–Trinajstić information content (AvgIpc) is 3.17. The summed E-state index contributed by atoms with van der Waals surface area (Å²) >= 11 is 0. The number of nitrogens with one attached hydrogen (secondary N) is 2. The van der Waals surface area contributed by atoms with Gasteiger partial charge in [0.25, 0.3) is 5.91 Å². The zero-order chi connectivity index (χ0) is 22.0. The topological polar surface area (TPSA) is 97.6 Å². The quantitative estimate of drug-likeness (QED) is 0.488. The SMILES string of the molecule is CCn1cc2ncc(N[C@@H](C)c3cc(NC(=O)c4cncc(C)c4)ccc3C)nc2n1. The van der Waals surface area contributed by atoms with Crippen LogP contribution < -0.4 is 10.6 Å². The molecule has 0 radical (unpaired) electrons. The third-order valence-corrected chi connectivity index (χ3v) is 5.10. The molecular weight excluding hydrogens is 390 g/mol. The van der Waals surface area contributed by atoms with Crippen LogP contribution in [-0.2, 0) is 6.54 Å². The maximum atomic E-state index is 12.6. The number of hydrogen-bond acceptors (Lipinski definition) is 6. The van der Waals surface area contributed by atoms with E-state index >= 15 is 0 Å². The summed E-state index contributed by atoms with van der Waals surface area (Å²) in [5.74, 6) is 0.468. The third kappa shape index (κ3) is 4.53. The molecule has 2 N–H and O–H groups in total. The number of carbonyl (C=O) groups is 1. The molecule has 8 nitrogen and oxygen atoms in total. The lowest BCUT2D eigenvalue weighted by Gasteiger charge is -2.18. The molecule has 3 aromatic heterocycles. The molecule has 0 aliphatic carbocycles. The Labute approximate surface area is 180 Å². The summed E-state index contributed by atoms with van der Waals surface area (Å²) in [4.78, 5) is 25.7. The molecule has 3 heterocycles. The van der Waals surface area contributed by atoms with Gasteiger partial charge in [-0.15, -0.1) is 0 Å². The van der Waals surface area contributed by atoms with Crippen molar-refractivity contribution in [1.29, 1.82) is 0 Å². The van der Waals surface area contributed by atoms with E-state index in [0.717, 1.165) is 34.4 Å². The lowest BCUT2D eigenvalue weighted by atomic mass is 10.0. The molecule has 1 amide bonds. The van der Waals surface area contributed by atoms with Crippen molar-refractivity contribution >= 4 is 28.6 Å². The molecule has 0 aliphatic rings. The fourth-order valence-corrected chi connectivity index (χ4v) is 3.44. The Morgan fingerprint density at radius 3 is 2.77 bits per heavy atom. The van der Waals surface area contributed by atoms with Gasteiger partial charge in [-0.2, -0.15) is 5.10 Å². The average molecular weight is 416 g/mol. The molecule has 0 saturated carbocycles. The first kappa shape index (κ1) is 20.5. The van der Waals surface area contributed by atoms with Gasteiger partial charge in [-0.1, -0.05) is 6.07 Å². The second-order valence-electron chi connectivity index (χ2n) is 7.59. The zero-order valence-electron chi connectivity index (χ0n) is 18.0. The number of benzene rings is 1. The maximum absolute atomic E-state index is 12.6. The minimum Gasteiger partial charge on any atom is -0.362 e. The summed E-state index contributed by atoms with van der Waals surface area (Å²) in [6.07, 6.45) is 6.89. The van der Waals surface area contributed by atoms with Crippen molar-refractivity contribution in [3.63, 3.8) is 0 Å². The van der Waals surface area contributed by atoms with Crippen LogP contribution in [0.1, 0.15) is 46.9 Å². The van der Waals surface area contributed by atoms with Gasteiger partial charge in [0.2, 0.25) is 5.65 Å². The summed E-state index contributed by atoms with van der Waals surface area (Å²) in [7, 11) is 0. The fraction of sp³-hybridized carbons (Fsp3) is 0.261. The number of hydrogen-bond donors (Lipinski definition) is 2. The van der Waals surface area contributed by atoms with E-state index in [2.05, 4.69) is 37.6 Å². The highest BCUT2D eigenvalue weighted by atomic mass is 16.1. The molecule has 0 aliphatic heterocycles. The molecule has 4 aromatic rings. The van der Waals surface area contributed by atoms with Gasteiger partial charge < -0.3 is 10.6 Å². The summed E-state index contributed by atoms with van der Waals surface area (Å²) in [6, 6.07) is 7.64. The smallest absolute Gasteiger partial charge is 0.257 e. The van der Waals surface area contributed by atoms with E-state index in [1.54, 1.807) is 18.6 Å². The van der Waals surface area contributed by atoms with Crippen LogP contribution in [0.2, 0.25) is 0 Å². The number of pyridine rings is 1. The van der Waals surface area contributed by atoms with E-state index in [4.69, 9.17) is 0 Å². The number of aryl methyl sites for hydroxylation is 3. The first-order valence-electron chi connectivity index (χ1n) is 10.2. The van der Waals surface area contributed by atoms with Gasteiger partial charge in [-0.3, -0.25) is 14.5 Å². The molecule has 1 aromatic carbocycles. The van der Waals surface area contributed by atoms with Crippen LogP contribution >= 0.6 is 0 Å². The zero-order valence-corrected chi connectivity index (χ0v) is 18.0. The highest BCUT2D eigenvalue weighted by molar-refractivity contribution is 6.04. The van der Waals surface area contributed by atoms with E-state index in [-0.39, 0.29) is 11.9 Å². The lowest BCUT2D eigenvalue weighted by molar-refractivity contribution is 0.102. The number of nitrogens with zero attached hydrogens (tertiary/aromatic N) is 5. The van der Waals surface area contributed by atoms with Gasteiger partial charge in [-0.25, -0.2) is 9.97 Å². The van der Waals surface area contributed by atoms with E-state index in [9.17, 15) is 4.79 Å². The van der Waals surface area contributed by atoms with Gasteiger partial charge in [0.05, 0.1) is 24.0 Å². The Bertz CT molecular complexity index is 1250. The van der Waals surface area contributed by atoms with Gasteiger partial charge in [0.15, 0.2) is 0 Å². The number of anilines is 2. The molecule has 0 fully saturated rings. The number of amides is 1. The number of rotatable bonds is 6. The summed E-state index contributed by atoms with van der Waals surface area (Å²) in [5, 5.41) is 10.8. The molecule has 0 saturated heterocycles. The normalized spacial score (nSPS) is 12.0. The maximum Gasteiger partial charge on any atom is 0.257 e. The van der Waals surface area contributed by atoms with Crippen LogP contribution in [0.15, 0.2) is 49.1 Å². The minimum atomic E-state index is -0.186. The standard InChI is InChI=1S/C23H25N7O/c1-5-30-13-20-22(29-30)28-21(12-25-20)26-16(4)19-9-18(7-6-15(19)3)27-23(31)17-8-14(2)10-24-11-17/h6-13,16H,5H2,1-4H3,(H,27,31)(H,26,28,29)/t16-/m0/s1. The van der Waals surface area contributed by atoms with Crippen molar-refractivity contribution in [2.75, 3.05) is 10.6 Å². The van der Waals surface area contributed by atoms with Crippen molar-refractivity contribution in [2.45, 2.75) is 40.3 Å². The molecule has 31 heavy (non-hydrogen) atoms. The number of carbonyl (C=O) groups excluding carboxylic acids is 1. The van der Waals surface area contributed by atoms with Crippen LogP contribution in [-0.4, -0.2) is 30.6 Å². The molecule has 0 unspecified atom stereocenters. The molecule has 4 rings (SSSR count). The Morgan fingerprint density at radius 1 is 1.16 bits per heavy atom. The molecule has 0 spiro atoms. The van der Waals surface area contributed by atoms with E-state index in [0.29, 0.717) is 17.0 Å². The monoisotopic (exact) mass is 415 g/mol. The van der Waals surface area contributed by atoms with Crippen LogP contribution in [0, 0.1) is 13.8 Å². The summed E-state index contributed by atoms with van der Waals surface area (Å²) < 4.78 is 1.82. The minimum absolute atomic E-state index is 0.0440. The Kier molecular flexibility index (Phi) is 5.62. The largest absolute Gasteiger partial charge is 0.362 e. The van der Waals surface area contributed by atoms with Crippen molar-refractivity contribution in [3.05, 3.63) is 71.3 Å². The number of aromatic nitrogens is 5. The van der Waals surface area contributed by atoms with Crippen molar-refractivity contribution in [3.8, 4) is 0 Å². The van der Waals surface area contributed by atoms with E-state index in [1.807, 2.05) is 55.9 Å². The van der Waals surface area contributed by atoms with Crippen molar-refractivity contribution < 1.29 is 4.79 Å². The second-order valence-corrected chi connectivity index (χ2v) is 7.59. The Hall–Kier alpha value is -3.81. The van der Waals surface area contributed by atoms with Crippen LogP contribution in [0.3, 0.4) is 0 Å². The fourth-order valence-electron chi connectivity index (χ4n) is 3.44. The van der Waals surface area contributed by atoms with E-state index < -0.39 is 0 Å². The van der Waals surface area contributed by atoms with Crippen molar-refractivity contribution in [1.82, 2.24) is 24.7 Å². The van der Waals surface area contributed by atoms with Crippen LogP contribution in [0.4, 0.5) is 11.5 Å². The van der Waals surface area contributed by atoms with Crippen LogP contribution in [0.5, 0.6) is 0 Å². The van der Waals surface area contributed by atoms with E-state index in [1.165, 1.54) is 0 Å². The number of fused-ring (bicyclic) bond motifs is 1. The second kappa shape index (κ2) is 8.51. The third-order valence-electron chi connectivity index (χ3n) is 5.10. The Balaban J connectivity index is 1.52. The molecule has 0 bridgehead atoms. The van der Waals surface area contributed by atoms with Gasteiger partial charge in [0, 0.05) is 24.6 Å². The van der Waals surface area contributed by atoms with Crippen LogP contribution in [0.25, 0.3) is 11.2 Å². The summed E-state index contributed by atoms with van der Waals surface area (Å²) in [6.45, 7) is 8.80. The van der Waals surface area contributed by atoms with Crippen molar-refractivity contribution in [2.24, 2.45) is 0 Å².